The monoisotopic (exact) mass is 344 g/mol. The van der Waals surface area contributed by atoms with Crippen molar-refractivity contribution in [1.29, 1.82) is 5.26 Å². The number of quaternary nitrogens is 1. The van der Waals surface area contributed by atoms with E-state index in [4.69, 9.17) is 21.6 Å². The lowest BCUT2D eigenvalue weighted by molar-refractivity contribution is -0.885. The molecule has 2 aromatic carbocycles. The second-order valence-corrected chi connectivity index (χ2v) is 5.94. The van der Waals surface area contributed by atoms with Crippen LogP contribution in [0.3, 0.4) is 0 Å². The van der Waals surface area contributed by atoms with Crippen LogP contribution in [0.15, 0.2) is 42.5 Å². The fourth-order valence-corrected chi connectivity index (χ4v) is 2.57. The topological polar surface area (TPSA) is 66.6 Å². The van der Waals surface area contributed by atoms with E-state index in [0.717, 1.165) is 16.2 Å². The largest absolute Gasteiger partial charge is 0.496 e. The summed E-state index contributed by atoms with van der Waals surface area (Å²) in [4.78, 5) is 13.1. The van der Waals surface area contributed by atoms with E-state index in [2.05, 4.69) is 5.32 Å². The number of nitrogens with one attached hydrogen (secondary N) is 2. The van der Waals surface area contributed by atoms with Gasteiger partial charge in [0.1, 0.15) is 12.3 Å². The van der Waals surface area contributed by atoms with E-state index in [0.29, 0.717) is 29.4 Å². The van der Waals surface area contributed by atoms with E-state index in [1.807, 2.05) is 25.2 Å². The van der Waals surface area contributed by atoms with Gasteiger partial charge in [0.15, 0.2) is 6.54 Å². The van der Waals surface area contributed by atoms with E-state index in [1.165, 1.54) is 0 Å². The standard InChI is InChI=1S/C18H18ClN3O2/c1-22(11-14-9-15(19)5-8-17(14)24-2)12-18(23)21-16-6-3-13(10-20)4-7-16/h3-9H,11-12H2,1-2H3,(H,21,23)/p+1. The highest BCUT2D eigenvalue weighted by molar-refractivity contribution is 6.30. The lowest BCUT2D eigenvalue weighted by Gasteiger charge is -2.16. The van der Waals surface area contributed by atoms with Crippen LogP contribution in [0.1, 0.15) is 11.1 Å². The number of ether oxygens (including phenoxy) is 1. The Kier molecular flexibility index (Phi) is 6.19. The highest BCUT2D eigenvalue weighted by Crippen LogP contribution is 2.21. The van der Waals surface area contributed by atoms with Gasteiger partial charge in [-0.05, 0) is 42.5 Å². The first kappa shape index (κ1) is 17.8. The second-order valence-electron chi connectivity index (χ2n) is 5.50. The molecule has 0 aliphatic carbocycles. The molecule has 2 N–H and O–H groups in total. The summed E-state index contributed by atoms with van der Waals surface area (Å²) < 4.78 is 5.32. The van der Waals surface area contributed by atoms with Gasteiger partial charge >= 0.3 is 0 Å². The summed E-state index contributed by atoms with van der Waals surface area (Å²) in [5.41, 5.74) is 2.18. The summed E-state index contributed by atoms with van der Waals surface area (Å²) in [5, 5.41) is 12.2. The van der Waals surface area contributed by atoms with Crippen LogP contribution < -0.4 is 15.0 Å². The first-order valence-electron chi connectivity index (χ1n) is 7.45. The van der Waals surface area contributed by atoms with Gasteiger partial charge in [0.05, 0.1) is 25.8 Å². The number of hydrogen-bond donors (Lipinski definition) is 2. The minimum absolute atomic E-state index is 0.0989. The molecule has 24 heavy (non-hydrogen) atoms. The van der Waals surface area contributed by atoms with Gasteiger partial charge in [-0.25, -0.2) is 0 Å². The third-order valence-electron chi connectivity index (χ3n) is 3.49. The van der Waals surface area contributed by atoms with Crippen LogP contribution in [0.25, 0.3) is 0 Å². The SMILES string of the molecule is COc1ccc(Cl)cc1C[NH+](C)CC(=O)Nc1ccc(C#N)cc1. The van der Waals surface area contributed by atoms with E-state index < -0.39 is 0 Å². The Morgan fingerprint density at radius 1 is 1.29 bits per heavy atom. The molecule has 0 aliphatic heterocycles. The summed E-state index contributed by atoms with van der Waals surface area (Å²) >= 11 is 6.03. The number of hydrogen-bond acceptors (Lipinski definition) is 3. The molecule has 0 aromatic heterocycles. The fourth-order valence-electron chi connectivity index (χ4n) is 2.38. The Morgan fingerprint density at radius 3 is 2.62 bits per heavy atom. The molecule has 0 saturated carbocycles. The van der Waals surface area contributed by atoms with E-state index >= 15 is 0 Å². The molecule has 6 heteroatoms. The van der Waals surface area contributed by atoms with E-state index in [1.54, 1.807) is 37.4 Å². The van der Waals surface area contributed by atoms with Crippen molar-refractivity contribution in [3.63, 3.8) is 0 Å². The molecule has 124 valence electrons. The van der Waals surface area contributed by atoms with Crippen LogP contribution >= 0.6 is 11.6 Å². The van der Waals surface area contributed by atoms with Crippen LogP contribution in [0.5, 0.6) is 5.75 Å². The first-order chi connectivity index (χ1) is 11.5. The third kappa shape index (κ3) is 4.98. The molecule has 0 spiro atoms. The average Bonchev–Trinajstić information content (AvgIpc) is 2.55. The van der Waals surface area contributed by atoms with Gasteiger partial charge in [0.2, 0.25) is 0 Å². The number of anilines is 1. The Hall–Kier alpha value is -2.55. The minimum Gasteiger partial charge on any atom is -0.496 e. The molecular formula is C18H19ClN3O2+. The Labute approximate surface area is 146 Å². The summed E-state index contributed by atoms with van der Waals surface area (Å²) in [6.07, 6.45) is 0. The number of carbonyl (C=O) groups excluding carboxylic acids is 1. The number of likely N-dealkylation sites (N-methyl/N-ethyl adjacent to an activating group) is 1. The number of halogens is 1. The molecule has 0 heterocycles. The van der Waals surface area contributed by atoms with Gasteiger partial charge in [-0.1, -0.05) is 11.6 Å². The zero-order valence-corrected chi connectivity index (χ0v) is 14.4. The van der Waals surface area contributed by atoms with Crippen molar-refractivity contribution < 1.29 is 14.4 Å². The smallest absolute Gasteiger partial charge is 0.279 e. The fraction of sp³-hybridized carbons (Fsp3) is 0.222. The predicted molar refractivity (Wildman–Crippen MR) is 93.2 cm³/mol. The van der Waals surface area contributed by atoms with Gasteiger partial charge in [-0.3, -0.25) is 4.79 Å². The van der Waals surface area contributed by atoms with Crippen LogP contribution in [0.2, 0.25) is 5.02 Å². The highest BCUT2D eigenvalue weighted by atomic mass is 35.5. The van der Waals surface area contributed by atoms with Gasteiger partial charge in [-0.15, -0.1) is 0 Å². The molecule has 2 rings (SSSR count). The number of carbonyl (C=O) groups is 1. The van der Waals surface area contributed by atoms with Gasteiger partial charge < -0.3 is 15.0 Å². The van der Waals surface area contributed by atoms with Gasteiger partial charge in [-0.2, -0.15) is 5.26 Å². The summed E-state index contributed by atoms with van der Waals surface area (Å²) in [6.45, 7) is 0.917. The quantitative estimate of drug-likeness (QED) is 0.840. The molecule has 0 fully saturated rings. The molecule has 1 atom stereocenters. The molecule has 1 amide bonds. The summed E-state index contributed by atoms with van der Waals surface area (Å²) in [7, 11) is 3.54. The van der Waals surface area contributed by atoms with Crippen molar-refractivity contribution in [3.05, 3.63) is 58.6 Å². The van der Waals surface area contributed by atoms with Crippen LogP contribution in [0, 0.1) is 11.3 Å². The van der Waals surface area contributed by atoms with Crippen LogP contribution in [0.4, 0.5) is 5.69 Å². The molecule has 0 saturated heterocycles. The lowest BCUT2D eigenvalue weighted by atomic mass is 10.2. The molecule has 0 aliphatic rings. The summed E-state index contributed by atoms with van der Waals surface area (Å²) in [5.74, 6) is 0.657. The summed E-state index contributed by atoms with van der Waals surface area (Å²) in [6, 6.07) is 14.3. The maximum atomic E-state index is 12.1. The normalized spacial score (nSPS) is 11.4. The Morgan fingerprint density at radius 2 is 2.00 bits per heavy atom. The van der Waals surface area contributed by atoms with Crippen molar-refractivity contribution in [1.82, 2.24) is 0 Å². The Balaban J connectivity index is 1.94. The van der Waals surface area contributed by atoms with Crippen molar-refractivity contribution in [2.75, 3.05) is 26.0 Å². The molecule has 2 aromatic rings. The maximum Gasteiger partial charge on any atom is 0.279 e. The minimum atomic E-state index is -0.0989. The van der Waals surface area contributed by atoms with Crippen molar-refractivity contribution in [3.8, 4) is 11.8 Å². The predicted octanol–water partition coefficient (Wildman–Crippen LogP) is 1.87. The number of benzene rings is 2. The van der Waals surface area contributed by atoms with Crippen LogP contribution in [-0.4, -0.2) is 26.6 Å². The average molecular weight is 345 g/mol. The first-order valence-corrected chi connectivity index (χ1v) is 7.83. The van der Waals surface area contributed by atoms with Crippen LogP contribution in [-0.2, 0) is 11.3 Å². The van der Waals surface area contributed by atoms with E-state index in [-0.39, 0.29) is 5.91 Å². The third-order valence-corrected chi connectivity index (χ3v) is 3.73. The molecule has 0 bridgehead atoms. The number of methoxy groups -OCH3 is 1. The number of amides is 1. The highest BCUT2D eigenvalue weighted by Gasteiger charge is 2.14. The number of nitrogens with zero attached hydrogens (tertiary/aromatic N) is 1. The maximum absolute atomic E-state index is 12.1. The van der Waals surface area contributed by atoms with Gasteiger partial charge in [0.25, 0.3) is 5.91 Å². The molecule has 1 unspecified atom stereocenters. The van der Waals surface area contributed by atoms with Gasteiger partial charge in [0, 0.05) is 16.3 Å². The zero-order chi connectivity index (χ0) is 17.5. The molecule has 5 nitrogen and oxygen atoms in total. The number of rotatable bonds is 6. The lowest BCUT2D eigenvalue weighted by Crippen LogP contribution is -3.08. The van der Waals surface area contributed by atoms with Crippen molar-refractivity contribution in [2.24, 2.45) is 0 Å². The van der Waals surface area contributed by atoms with E-state index in [9.17, 15) is 4.79 Å². The Bertz CT molecular complexity index is 754. The van der Waals surface area contributed by atoms with Crippen molar-refractivity contribution >= 4 is 23.2 Å². The number of nitriles is 1. The second kappa shape index (κ2) is 8.34. The van der Waals surface area contributed by atoms with Crippen molar-refractivity contribution in [2.45, 2.75) is 6.54 Å². The molecule has 0 radical (unpaired) electrons. The molecular weight excluding hydrogens is 326 g/mol. The zero-order valence-electron chi connectivity index (χ0n) is 13.6.